The van der Waals surface area contributed by atoms with E-state index in [0.29, 0.717) is 5.56 Å². The number of thiophene rings is 1. The molecule has 116 valence electrons. The smallest absolute Gasteiger partial charge is 0.327 e. The third kappa shape index (κ3) is 2.59. The third-order valence-electron chi connectivity index (χ3n) is 3.69. The van der Waals surface area contributed by atoms with Crippen LogP contribution < -0.4 is 0 Å². The first-order valence-electron chi connectivity index (χ1n) is 6.59. The van der Waals surface area contributed by atoms with Crippen molar-refractivity contribution in [1.29, 1.82) is 0 Å². The van der Waals surface area contributed by atoms with Crippen LogP contribution in [0.25, 0.3) is 10.1 Å². The van der Waals surface area contributed by atoms with E-state index in [2.05, 4.69) is 0 Å². The van der Waals surface area contributed by atoms with Crippen molar-refractivity contribution in [2.75, 3.05) is 18.1 Å². The summed E-state index contributed by atoms with van der Waals surface area (Å²) in [6.45, 7) is -0.0949. The molecule has 2 heterocycles. The number of aliphatic carboxylic acids is 1. The minimum atomic E-state index is -3.43. The monoisotopic (exact) mass is 339 g/mol. The first-order valence-corrected chi connectivity index (χ1v) is 9.29. The lowest BCUT2D eigenvalue weighted by Crippen LogP contribution is -2.54. The van der Waals surface area contributed by atoms with E-state index in [1.165, 1.54) is 11.3 Å². The molecule has 1 atom stereocenters. The second-order valence-corrected chi connectivity index (χ2v) is 8.25. The summed E-state index contributed by atoms with van der Waals surface area (Å²) in [5.41, 5.74) is 0.422. The SMILES string of the molecule is O=C(O)C1CS(=O)(=O)CCN1C(=O)c1csc2ccccc12. The molecule has 0 bridgehead atoms. The van der Waals surface area contributed by atoms with Crippen LogP contribution >= 0.6 is 11.3 Å². The molecule has 1 fully saturated rings. The second kappa shape index (κ2) is 5.36. The van der Waals surface area contributed by atoms with Gasteiger partial charge in [-0.15, -0.1) is 11.3 Å². The van der Waals surface area contributed by atoms with Crippen LogP contribution in [-0.2, 0) is 14.6 Å². The van der Waals surface area contributed by atoms with E-state index in [9.17, 15) is 23.1 Å². The highest BCUT2D eigenvalue weighted by Gasteiger charge is 2.39. The fourth-order valence-corrected chi connectivity index (χ4v) is 4.93. The molecular formula is C14H13NO5S2. The Hall–Kier alpha value is -1.93. The lowest BCUT2D eigenvalue weighted by atomic mass is 10.1. The Kier molecular flexibility index (Phi) is 3.65. The second-order valence-electron chi connectivity index (χ2n) is 5.11. The van der Waals surface area contributed by atoms with Crippen LogP contribution in [0.4, 0.5) is 0 Å². The number of sulfone groups is 1. The van der Waals surface area contributed by atoms with Crippen molar-refractivity contribution in [3.05, 3.63) is 35.2 Å². The average Bonchev–Trinajstić information content (AvgIpc) is 2.89. The molecule has 0 radical (unpaired) electrons. The first-order chi connectivity index (χ1) is 10.4. The Morgan fingerprint density at radius 3 is 2.73 bits per heavy atom. The van der Waals surface area contributed by atoms with E-state index in [4.69, 9.17) is 0 Å². The van der Waals surface area contributed by atoms with Gasteiger partial charge in [-0.2, -0.15) is 0 Å². The number of hydrogen-bond acceptors (Lipinski definition) is 5. The highest BCUT2D eigenvalue weighted by atomic mass is 32.2. The van der Waals surface area contributed by atoms with E-state index < -0.39 is 33.5 Å². The molecule has 6 nitrogen and oxygen atoms in total. The van der Waals surface area contributed by atoms with Gasteiger partial charge in [0.25, 0.3) is 5.91 Å². The van der Waals surface area contributed by atoms with Crippen molar-refractivity contribution in [1.82, 2.24) is 4.90 Å². The zero-order valence-corrected chi connectivity index (χ0v) is 13.1. The Labute approximate surface area is 130 Å². The number of carboxylic acids is 1. The maximum absolute atomic E-state index is 12.7. The van der Waals surface area contributed by atoms with Gasteiger partial charge in [0.1, 0.15) is 6.04 Å². The predicted octanol–water partition coefficient (Wildman–Crippen LogP) is 1.23. The molecule has 3 rings (SSSR count). The third-order valence-corrected chi connectivity index (χ3v) is 6.28. The topological polar surface area (TPSA) is 91.8 Å². The summed E-state index contributed by atoms with van der Waals surface area (Å²) in [7, 11) is -3.43. The average molecular weight is 339 g/mol. The van der Waals surface area contributed by atoms with Crippen molar-refractivity contribution < 1.29 is 23.1 Å². The molecule has 0 spiro atoms. The summed E-state index contributed by atoms with van der Waals surface area (Å²) in [5, 5.41) is 11.7. The number of carboxylic acid groups (broad SMARTS) is 1. The molecule has 1 aromatic heterocycles. The van der Waals surface area contributed by atoms with Gasteiger partial charge in [0.15, 0.2) is 9.84 Å². The van der Waals surface area contributed by atoms with Crippen LogP contribution in [0.2, 0.25) is 0 Å². The zero-order chi connectivity index (χ0) is 15.9. The molecule has 1 amide bonds. The van der Waals surface area contributed by atoms with Gasteiger partial charge in [0.2, 0.25) is 0 Å². The number of rotatable bonds is 2. The summed E-state index contributed by atoms with van der Waals surface area (Å²) in [6.07, 6.45) is 0. The minimum Gasteiger partial charge on any atom is -0.480 e. The Morgan fingerprint density at radius 1 is 1.27 bits per heavy atom. The van der Waals surface area contributed by atoms with Gasteiger partial charge in [-0.1, -0.05) is 18.2 Å². The van der Waals surface area contributed by atoms with Gasteiger partial charge in [-0.25, -0.2) is 13.2 Å². The summed E-state index contributed by atoms with van der Waals surface area (Å²) >= 11 is 1.40. The van der Waals surface area contributed by atoms with E-state index in [-0.39, 0.29) is 12.3 Å². The number of hydrogen-bond donors (Lipinski definition) is 1. The molecule has 1 aromatic carbocycles. The van der Waals surface area contributed by atoms with Crippen molar-refractivity contribution in [3.8, 4) is 0 Å². The van der Waals surface area contributed by atoms with Crippen molar-refractivity contribution in [3.63, 3.8) is 0 Å². The summed E-state index contributed by atoms with van der Waals surface area (Å²) in [6, 6.07) is 6.02. The van der Waals surface area contributed by atoms with Gasteiger partial charge in [0, 0.05) is 22.0 Å². The van der Waals surface area contributed by atoms with Crippen LogP contribution in [0.15, 0.2) is 29.6 Å². The molecule has 1 unspecified atom stereocenters. The fraction of sp³-hybridized carbons (Fsp3) is 0.286. The van der Waals surface area contributed by atoms with Crippen molar-refractivity contribution in [2.24, 2.45) is 0 Å². The summed E-state index contributed by atoms with van der Waals surface area (Å²) in [5.74, 6) is -2.46. The number of carbonyl (C=O) groups excluding carboxylic acids is 1. The molecule has 1 aliphatic rings. The molecule has 2 aromatic rings. The molecule has 1 saturated heterocycles. The first kappa shape index (κ1) is 15.0. The van der Waals surface area contributed by atoms with Gasteiger partial charge in [0.05, 0.1) is 17.1 Å². The maximum atomic E-state index is 12.7. The van der Waals surface area contributed by atoms with E-state index in [0.717, 1.165) is 15.0 Å². The van der Waals surface area contributed by atoms with Crippen molar-refractivity contribution >= 4 is 43.1 Å². The number of carbonyl (C=O) groups is 2. The Morgan fingerprint density at radius 2 is 2.00 bits per heavy atom. The molecule has 1 N–H and O–H groups in total. The highest BCUT2D eigenvalue weighted by molar-refractivity contribution is 7.91. The molecular weight excluding hydrogens is 326 g/mol. The summed E-state index contributed by atoms with van der Waals surface area (Å²) in [4.78, 5) is 25.2. The highest BCUT2D eigenvalue weighted by Crippen LogP contribution is 2.28. The Balaban J connectivity index is 1.98. The van der Waals surface area contributed by atoms with E-state index >= 15 is 0 Å². The van der Waals surface area contributed by atoms with E-state index in [1.54, 1.807) is 17.5 Å². The molecule has 22 heavy (non-hydrogen) atoms. The molecule has 1 aliphatic heterocycles. The van der Waals surface area contributed by atoms with Gasteiger partial charge in [-0.3, -0.25) is 4.79 Å². The fourth-order valence-electron chi connectivity index (χ4n) is 2.55. The zero-order valence-electron chi connectivity index (χ0n) is 11.4. The van der Waals surface area contributed by atoms with Gasteiger partial charge >= 0.3 is 5.97 Å². The summed E-state index contributed by atoms with van der Waals surface area (Å²) < 4.78 is 24.2. The van der Waals surface area contributed by atoms with Gasteiger partial charge < -0.3 is 10.0 Å². The number of fused-ring (bicyclic) bond motifs is 1. The maximum Gasteiger partial charge on any atom is 0.327 e. The van der Waals surface area contributed by atoms with Gasteiger partial charge in [-0.05, 0) is 6.07 Å². The van der Waals surface area contributed by atoms with E-state index in [1.807, 2.05) is 12.1 Å². The van der Waals surface area contributed by atoms with Crippen LogP contribution in [0, 0.1) is 0 Å². The normalized spacial score (nSPS) is 20.9. The number of nitrogens with zero attached hydrogens (tertiary/aromatic N) is 1. The minimum absolute atomic E-state index is 0.0949. The van der Waals surface area contributed by atoms with Crippen LogP contribution in [0.1, 0.15) is 10.4 Å². The number of benzene rings is 1. The molecule has 8 heteroatoms. The molecule has 0 aliphatic carbocycles. The Bertz CT molecular complexity index is 855. The van der Waals surface area contributed by atoms with Crippen LogP contribution in [0.5, 0.6) is 0 Å². The standard InChI is InChI=1S/C14H13NO5S2/c16-13(10-7-21-12-4-2-1-3-9(10)12)15-5-6-22(19,20)8-11(15)14(17)18/h1-4,7,11H,5-6,8H2,(H,17,18). The lowest BCUT2D eigenvalue weighted by molar-refractivity contribution is -0.141. The predicted molar refractivity (Wildman–Crippen MR) is 82.9 cm³/mol. The lowest BCUT2D eigenvalue weighted by Gasteiger charge is -2.32. The molecule has 0 saturated carbocycles. The quantitative estimate of drug-likeness (QED) is 0.888. The van der Waals surface area contributed by atoms with Crippen LogP contribution in [0.3, 0.4) is 0 Å². The van der Waals surface area contributed by atoms with Crippen molar-refractivity contribution in [2.45, 2.75) is 6.04 Å². The number of amides is 1. The largest absolute Gasteiger partial charge is 0.480 e. The van der Waals surface area contributed by atoms with Crippen LogP contribution in [-0.4, -0.2) is 54.4 Å².